The van der Waals surface area contributed by atoms with E-state index in [1.165, 1.54) is 69.2 Å². The minimum atomic E-state index is 0.976. The van der Waals surface area contributed by atoms with Crippen molar-refractivity contribution in [3.8, 4) is 0 Å². The van der Waals surface area contributed by atoms with Crippen LogP contribution in [0.2, 0.25) is 0 Å². The van der Waals surface area contributed by atoms with E-state index in [0.29, 0.717) is 0 Å². The summed E-state index contributed by atoms with van der Waals surface area (Å²) >= 11 is 0. The van der Waals surface area contributed by atoms with Gasteiger partial charge in [0.2, 0.25) is 0 Å². The van der Waals surface area contributed by atoms with Gasteiger partial charge in [-0.1, -0.05) is 32.6 Å². The highest BCUT2D eigenvalue weighted by molar-refractivity contribution is 4.51. The van der Waals surface area contributed by atoms with Gasteiger partial charge in [-0.05, 0) is 19.8 Å². The van der Waals surface area contributed by atoms with Gasteiger partial charge in [0, 0.05) is 0 Å². The van der Waals surface area contributed by atoms with Gasteiger partial charge in [0.25, 0.3) is 0 Å². The van der Waals surface area contributed by atoms with Gasteiger partial charge in [0.1, 0.15) is 13.1 Å². The van der Waals surface area contributed by atoms with E-state index in [1.807, 2.05) is 0 Å². The summed E-state index contributed by atoms with van der Waals surface area (Å²) in [5, 5.41) is 0. The zero-order chi connectivity index (χ0) is 11.7. The van der Waals surface area contributed by atoms with Gasteiger partial charge in [-0.2, -0.15) is 0 Å². The van der Waals surface area contributed by atoms with E-state index in [-0.39, 0.29) is 0 Å². The fourth-order valence-electron chi connectivity index (χ4n) is 2.66. The smallest absolute Gasteiger partial charge is 0.102 e. The first kappa shape index (κ1) is 14.0. The largest absolute Gasteiger partial charge is 0.370 e. The van der Waals surface area contributed by atoms with Crippen LogP contribution in [0.3, 0.4) is 0 Å². The minimum absolute atomic E-state index is 0.976. The third kappa shape index (κ3) is 4.84. The normalized spacial score (nSPS) is 19.9. The van der Waals surface area contributed by atoms with Crippen LogP contribution in [0.1, 0.15) is 52.4 Å². The average Bonchev–Trinajstić information content (AvgIpc) is 2.35. The summed E-state index contributed by atoms with van der Waals surface area (Å²) in [6.07, 6.45) is 8.49. The van der Waals surface area contributed by atoms with Crippen LogP contribution in [0.15, 0.2) is 0 Å². The molecule has 1 saturated heterocycles. The molecular weight excluding hydrogens is 198 g/mol. The lowest BCUT2D eigenvalue weighted by atomic mass is 10.1. The molecule has 0 aromatic rings. The Bertz CT molecular complexity index is 164. The molecule has 96 valence electrons. The molecule has 0 aromatic carbocycles. The number of hydrogen-bond acceptors (Lipinski definition) is 1. The first-order chi connectivity index (χ1) is 7.83. The summed E-state index contributed by atoms with van der Waals surface area (Å²) in [4.78, 5) is 0. The molecule has 0 spiro atoms. The molecule has 1 fully saturated rings. The molecule has 1 rings (SSSR count). The second kappa shape index (κ2) is 8.08. The molecule has 0 atom stereocenters. The second-order valence-corrected chi connectivity index (χ2v) is 5.21. The van der Waals surface area contributed by atoms with E-state index in [0.717, 1.165) is 13.2 Å². The van der Waals surface area contributed by atoms with Crippen molar-refractivity contribution in [2.24, 2.45) is 0 Å². The highest BCUT2D eigenvalue weighted by Crippen LogP contribution is 2.14. The fraction of sp³-hybridized carbons (Fsp3) is 1.00. The Morgan fingerprint density at radius 3 is 2.12 bits per heavy atom. The summed E-state index contributed by atoms with van der Waals surface area (Å²) in [5.74, 6) is 0. The van der Waals surface area contributed by atoms with E-state index >= 15 is 0 Å². The van der Waals surface area contributed by atoms with Crippen molar-refractivity contribution in [3.05, 3.63) is 0 Å². The van der Waals surface area contributed by atoms with Gasteiger partial charge >= 0.3 is 0 Å². The van der Waals surface area contributed by atoms with Gasteiger partial charge in [-0.3, -0.25) is 0 Å². The van der Waals surface area contributed by atoms with Crippen LogP contribution >= 0.6 is 0 Å². The standard InChI is InChI=1S/C14H30NO/c1-3-5-6-7-8-9-10-15(4-2)11-13-16-14-12-15/h3-14H2,1-2H3/q+1. The van der Waals surface area contributed by atoms with Gasteiger partial charge in [0.15, 0.2) is 0 Å². The monoisotopic (exact) mass is 228 g/mol. The highest BCUT2D eigenvalue weighted by atomic mass is 16.5. The summed E-state index contributed by atoms with van der Waals surface area (Å²) in [6, 6.07) is 0. The summed E-state index contributed by atoms with van der Waals surface area (Å²) in [7, 11) is 0. The topological polar surface area (TPSA) is 9.23 Å². The third-order valence-electron chi connectivity index (χ3n) is 4.08. The SMILES string of the molecule is CCCCCCCC[N+]1(CC)CCOCC1. The molecule has 0 radical (unpaired) electrons. The van der Waals surface area contributed by atoms with E-state index in [1.54, 1.807) is 0 Å². The van der Waals surface area contributed by atoms with Crippen LogP contribution in [-0.4, -0.2) is 43.9 Å². The Morgan fingerprint density at radius 1 is 0.875 bits per heavy atom. The number of rotatable bonds is 8. The third-order valence-corrected chi connectivity index (χ3v) is 4.08. The van der Waals surface area contributed by atoms with E-state index < -0.39 is 0 Å². The lowest BCUT2D eigenvalue weighted by molar-refractivity contribution is -0.933. The van der Waals surface area contributed by atoms with E-state index in [4.69, 9.17) is 4.74 Å². The zero-order valence-corrected chi connectivity index (χ0v) is 11.3. The highest BCUT2D eigenvalue weighted by Gasteiger charge is 2.27. The summed E-state index contributed by atoms with van der Waals surface area (Å²) < 4.78 is 6.78. The maximum absolute atomic E-state index is 5.47. The molecule has 0 amide bonds. The molecule has 1 aliphatic heterocycles. The molecule has 0 saturated carbocycles. The van der Waals surface area contributed by atoms with E-state index in [9.17, 15) is 0 Å². The quantitative estimate of drug-likeness (QED) is 0.458. The van der Waals surface area contributed by atoms with E-state index in [2.05, 4.69) is 13.8 Å². The van der Waals surface area contributed by atoms with Crippen LogP contribution in [0.4, 0.5) is 0 Å². The zero-order valence-electron chi connectivity index (χ0n) is 11.3. The number of hydrogen-bond donors (Lipinski definition) is 0. The number of unbranched alkanes of at least 4 members (excludes halogenated alkanes) is 5. The van der Waals surface area contributed by atoms with Crippen molar-refractivity contribution in [1.29, 1.82) is 0 Å². The van der Waals surface area contributed by atoms with Crippen LogP contribution in [0.5, 0.6) is 0 Å². The molecule has 2 heteroatoms. The Kier molecular flexibility index (Phi) is 7.06. The van der Waals surface area contributed by atoms with Gasteiger partial charge in [-0.25, -0.2) is 0 Å². The van der Waals surface area contributed by atoms with Crippen molar-refractivity contribution in [3.63, 3.8) is 0 Å². The summed E-state index contributed by atoms with van der Waals surface area (Å²) in [6.45, 7) is 11.7. The first-order valence-corrected chi connectivity index (χ1v) is 7.26. The molecule has 0 unspecified atom stereocenters. The molecule has 0 bridgehead atoms. The number of likely N-dealkylation sites (N-methyl/N-ethyl adjacent to an activating group) is 1. The maximum Gasteiger partial charge on any atom is 0.102 e. The maximum atomic E-state index is 5.47. The number of morpholine rings is 1. The average molecular weight is 228 g/mol. The van der Waals surface area contributed by atoms with Crippen LogP contribution in [0, 0.1) is 0 Å². The Hall–Kier alpha value is -0.0800. The minimum Gasteiger partial charge on any atom is -0.370 e. The van der Waals surface area contributed by atoms with Gasteiger partial charge < -0.3 is 9.22 Å². The summed E-state index contributed by atoms with van der Waals surface area (Å²) in [5.41, 5.74) is 0. The molecule has 1 aliphatic rings. The number of nitrogens with zero attached hydrogens (tertiary/aromatic N) is 1. The number of ether oxygens (including phenoxy) is 1. The molecule has 1 heterocycles. The van der Waals surface area contributed by atoms with Crippen molar-refractivity contribution >= 4 is 0 Å². The molecule has 0 aliphatic carbocycles. The lowest BCUT2D eigenvalue weighted by Crippen LogP contribution is -2.55. The second-order valence-electron chi connectivity index (χ2n) is 5.21. The van der Waals surface area contributed by atoms with Gasteiger partial charge in [0.05, 0.1) is 26.3 Å². The Morgan fingerprint density at radius 2 is 1.50 bits per heavy atom. The number of quaternary nitrogens is 1. The Balaban J connectivity index is 2.08. The van der Waals surface area contributed by atoms with Crippen LogP contribution in [0.25, 0.3) is 0 Å². The van der Waals surface area contributed by atoms with Crippen molar-refractivity contribution in [1.82, 2.24) is 0 Å². The Labute approximate surface area is 102 Å². The van der Waals surface area contributed by atoms with Crippen molar-refractivity contribution in [2.45, 2.75) is 52.4 Å². The predicted molar refractivity (Wildman–Crippen MR) is 69.6 cm³/mol. The van der Waals surface area contributed by atoms with Crippen LogP contribution in [-0.2, 0) is 4.74 Å². The van der Waals surface area contributed by atoms with Crippen molar-refractivity contribution < 1.29 is 9.22 Å². The molecule has 2 nitrogen and oxygen atoms in total. The van der Waals surface area contributed by atoms with Crippen LogP contribution < -0.4 is 0 Å². The van der Waals surface area contributed by atoms with Crippen molar-refractivity contribution in [2.75, 3.05) is 39.4 Å². The lowest BCUT2D eigenvalue weighted by Gasteiger charge is -2.40. The molecule has 0 aromatic heterocycles. The molecule has 0 N–H and O–H groups in total. The fourth-order valence-corrected chi connectivity index (χ4v) is 2.66. The molecular formula is C14H30NO+. The first-order valence-electron chi connectivity index (χ1n) is 7.26. The van der Waals surface area contributed by atoms with Gasteiger partial charge in [-0.15, -0.1) is 0 Å². The molecule has 16 heavy (non-hydrogen) atoms. The predicted octanol–water partition coefficient (Wildman–Crippen LogP) is 3.21.